The quantitative estimate of drug-likeness (QED) is 0.349. The molecule has 1 N–H and O–H groups in total. The first kappa shape index (κ1) is 21.1. The molecule has 162 valence electrons. The molecule has 1 aliphatic heterocycles. The van der Waals surface area contributed by atoms with Crippen molar-refractivity contribution in [2.75, 3.05) is 4.90 Å². The van der Waals surface area contributed by atoms with Crippen LogP contribution in [0, 0.1) is 0 Å². The summed E-state index contributed by atoms with van der Waals surface area (Å²) in [5.41, 5.74) is 2.11. The number of ketones is 1. The maximum Gasteiger partial charge on any atom is 0.308 e. The molecule has 1 unspecified atom stereocenters. The summed E-state index contributed by atoms with van der Waals surface area (Å²) in [6, 6.07) is 16.0. The molecule has 32 heavy (non-hydrogen) atoms. The average molecular weight is 431 g/mol. The van der Waals surface area contributed by atoms with Crippen LogP contribution in [0.25, 0.3) is 0 Å². The highest BCUT2D eigenvalue weighted by atomic mass is 16.5. The van der Waals surface area contributed by atoms with Crippen LogP contribution < -0.4 is 9.64 Å². The minimum absolute atomic E-state index is 0.0177. The number of rotatable bonds is 6. The first-order chi connectivity index (χ1) is 15.4. The lowest BCUT2D eigenvalue weighted by molar-refractivity contribution is -0.131. The smallest absolute Gasteiger partial charge is 0.308 e. The molecule has 7 heteroatoms. The molecule has 0 fully saturated rings. The van der Waals surface area contributed by atoms with Gasteiger partial charge in [-0.1, -0.05) is 31.2 Å². The van der Waals surface area contributed by atoms with Gasteiger partial charge in [0.15, 0.2) is 11.5 Å². The molecule has 0 aliphatic carbocycles. The summed E-state index contributed by atoms with van der Waals surface area (Å²) in [6.45, 7) is 3.32. The van der Waals surface area contributed by atoms with E-state index in [4.69, 9.17) is 9.15 Å². The van der Waals surface area contributed by atoms with E-state index in [0.29, 0.717) is 17.0 Å². The number of benzene rings is 2. The molecule has 1 amide bonds. The molecule has 4 rings (SSSR count). The number of carbonyl (C=O) groups is 3. The van der Waals surface area contributed by atoms with Gasteiger partial charge in [-0.3, -0.25) is 19.3 Å². The maximum absolute atomic E-state index is 13.2. The molecule has 1 aliphatic rings. The normalized spacial score (nSPS) is 15.9. The number of carbonyl (C=O) groups excluding carboxylic acids is 3. The molecule has 7 nitrogen and oxygen atoms in total. The third kappa shape index (κ3) is 3.80. The van der Waals surface area contributed by atoms with E-state index in [2.05, 4.69) is 0 Å². The Hall–Kier alpha value is -4.13. The maximum atomic E-state index is 13.2. The van der Waals surface area contributed by atoms with Crippen LogP contribution in [0.15, 0.2) is 82.7 Å². The second kappa shape index (κ2) is 8.55. The van der Waals surface area contributed by atoms with E-state index in [-0.39, 0.29) is 11.3 Å². The number of esters is 1. The predicted molar refractivity (Wildman–Crippen MR) is 116 cm³/mol. The largest absolute Gasteiger partial charge is 0.503 e. The fraction of sp³-hybridized carbons (Fsp3) is 0.160. The molecule has 1 atom stereocenters. The van der Waals surface area contributed by atoms with Gasteiger partial charge in [-0.2, -0.15) is 0 Å². The van der Waals surface area contributed by atoms with Crippen molar-refractivity contribution < 1.29 is 28.6 Å². The van der Waals surface area contributed by atoms with Crippen LogP contribution in [0.3, 0.4) is 0 Å². The summed E-state index contributed by atoms with van der Waals surface area (Å²) >= 11 is 0. The van der Waals surface area contributed by atoms with E-state index in [1.165, 1.54) is 24.2 Å². The number of ether oxygens (including phenoxy) is 1. The number of nitrogens with zero attached hydrogens (tertiary/aromatic N) is 1. The van der Waals surface area contributed by atoms with Crippen LogP contribution >= 0.6 is 0 Å². The van der Waals surface area contributed by atoms with E-state index < -0.39 is 29.5 Å². The number of hydrogen-bond donors (Lipinski definition) is 1. The second-order valence-corrected chi connectivity index (χ2v) is 7.33. The van der Waals surface area contributed by atoms with Crippen molar-refractivity contribution in [2.45, 2.75) is 26.3 Å². The summed E-state index contributed by atoms with van der Waals surface area (Å²) in [7, 11) is 0. The minimum Gasteiger partial charge on any atom is -0.503 e. The zero-order valence-corrected chi connectivity index (χ0v) is 17.6. The molecular formula is C25H21NO6. The Morgan fingerprint density at radius 1 is 1.06 bits per heavy atom. The van der Waals surface area contributed by atoms with Crippen molar-refractivity contribution in [2.24, 2.45) is 0 Å². The van der Waals surface area contributed by atoms with Crippen molar-refractivity contribution in [3.8, 4) is 5.75 Å². The van der Waals surface area contributed by atoms with Crippen molar-refractivity contribution >= 4 is 23.3 Å². The summed E-state index contributed by atoms with van der Waals surface area (Å²) in [4.78, 5) is 38.9. The molecule has 3 aromatic rings. The van der Waals surface area contributed by atoms with E-state index in [1.54, 1.807) is 42.5 Å². The predicted octanol–water partition coefficient (Wildman–Crippen LogP) is 4.55. The SMILES string of the molecule is CCc1ccc(N2C(=O)C(O)=C(C(=O)c3ccco3)C2c2ccc(OC(C)=O)cc2)cc1. The van der Waals surface area contributed by atoms with Crippen LogP contribution in [-0.2, 0) is 16.0 Å². The number of furan rings is 1. The van der Waals surface area contributed by atoms with Crippen LogP contribution in [0.1, 0.15) is 41.6 Å². The van der Waals surface area contributed by atoms with Gasteiger partial charge in [0.2, 0.25) is 5.78 Å². The van der Waals surface area contributed by atoms with Gasteiger partial charge in [-0.15, -0.1) is 0 Å². The number of aliphatic hydroxyl groups is 1. The number of anilines is 1. The van der Waals surface area contributed by atoms with Gasteiger partial charge in [0.1, 0.15) is 5.75 Å². The Balaban J connectivity index is 1.81. The zero-order chi connectivity index (χ0) is 22.8. The third-order valence-electron chi connectivity index (χ3n) is 5.28. The standard InChI is InChI=1S/C25H21NO6/c1-3-16-6-10-18(11-7-16)26-22(17-8-12-19(13-9-17)32-15(2)27)21(24(29)25(26)30)23(28)20-5-4-14-31-20/h4-14,22,29H,3H2,1-2H3. The molecule has 0 saturated carbocycles. The fourth-order valence-corrected chi connectivity index (χ4v) is 3.74. The number of amides is 1. The van der Waals surface area contributed by atoms with Gasteiger partial charge in [-0.05, 0) is 53.9 Å². The first-order valence-corrected chi connectivity index (χ1v) is 10.1. The number of Topliss-reactive ketones (excluding diaryl/α,β-unsaturated/α-hetero) is 1. The van der Waals surface area contributed by atoms with Crippen LogP contribution in [-0.4, -0.2) is 22.8 Å². The topological polar surface area (TPSA) is 97.1 Å². The highest BCUT2D eigenvalue weighted by Crippen LogP contribution is 2.42. The summed E-state index contributed by atoms with van der Waals surface area (Å²) in [5.74, 6) is -2.00. The average Bonchev–Trinajstić information content (AvgIpc) is 3.41. The van der Waals surface area contributed by atoms with E-state index in [0.717, 1.165) is 12.0 Å². The van der Waals surface area contributed by atoms with Crippen molar-refractivity contribution in [3.63, 3.8) is 0 Å². The van der Waals surface area contributed by atoms with Crippen LogP contribution in [0.5, 0.6) is 5.75 Å². The fourth-order valence-electron chi connectivity index (χ4n) is 3.74. The Kier molecular flexibility index (Phi) is 5.64. The lowest BCUT2D eigenvalue weighted by Gasteiger charge is -2.27. The van der Waals surface area contributed by atoms with E-state index in [1.807, 2.05) is 19.1 Å². The van der Waals surface area contributed by atoms with Gasteiger partial charge in [0, 0.05) is 12.6 Å². The van der Waals surface area contributed by atoms with Gasteiger partial charge >= 0.3 is 5.97 Å². The summed E-state index contributed by atoms with van der Waals surface area (Å²) < 4.78 is 10.3. The lowest BCUT2D eigenvalue weighted by atomic mass is 9.94. The summed E-state index contributed by atoms with van der Waals surface area (Å²) in [6.07, 6.45) is 2.19. The molecule has 1 aromatic heterocycles. The number of aryl methyl sites for hydroxylation is 1. The van der Waals surface area contributed by atoms with Crippen LogP contribution in [0.2, 0.25) is 0 Å². The molecule has 2 aromatic carbocycles. The number of aliphatic hydroxyl groups excluding tert-OH is 1. The first-order valence-electron chi connectivity index (χ1n) is 10.1. The molecule has 0 spiro atoms. The van der Waals surface area contributed by atoms with Gasteiger partial charge in [0.05, 0.1) is 17.9 Å². The molecule has 0 saturated heterocycles. The highest BCUT2D eigenvalue weighted by Gasteiger charge is 2.45. The Morgan fingerprint density at radius 2 is 1.75 bits per heavy atom. The lowest BCUT2D eigenvalue weighted by Crippen LogP contribution is -2.31. The molecule has 0 bridgehead atoms. The van der Waals surface area contributed by atoms with Crippen LogP contribution in [0.4, 0.5) is 5.69 Å². The van der Waals surface area contributed by atoms with Gasteiger partial charge in [-0.25, -0.2) is 0 Å². The van der Waals surface area contributed by atoms with Gasteiger partial charge in [0.25, 0.3) is 5.91 Å². The Bertz CT molecular complexity index is 1190. The van der Waals surface area contributed by atoms with E-state index in [9.17, 15) is 19.5 Å². The number of hydrogen-bond acceptors (Lipinski definition) is 6. The second-order valence-electron chi connectivity index (χ2n) is 7.33. The zero-order valence-electron chi connectivity index (χ0n) is 17.6. The van der Waals surface area contributed by atoms with Crippen molar-refractivity contribution in [3.05, 3.63) is 95.1 Å². The summed E-state index contributed by atoms with van der Waals surface area (Å²) in [5, 5.41) is 10.7. The highest BCUT2D eigenvalue weighted by molar-refractivity contribution is 6.20. The third-order valence-corrected chi connectivity index (χ3v) is 5.28. The van der Waals surface area contributed by atoms with Gasteiger partial charge < -0.3 is 14.3 Å². The Morgan fingerprint density at radius 3 is 2.31 bits per heavy atom. The molecule has 0 radical (unpaired) electrons. The molecule has 2 heterocycles. The molecular weight excluding hydrogens is 410 g/mol. The van der Waals surface area contributed by atoms with Crippen molar-refractivity contribution in [1.82, 2.24) is 0 Å². The van der Waals surface area contributed by atoms with E-state index >= 15 is 0 Å². The minimum atomic E-state index is -0.890. The monoisotopic (exact) mass is 431 g/mol. The van der Waals surface area contributed by atoms with Crippen molar-refractivity contribution in [1.29, 1.82) is 0 Å². The Labute approximate surface area is 184 Å².